The van der Waals surface area contributed by atoms with Crippen molar-refractivity contribution in [1.29, 1.82) is 0 Å². The molecule has 0 unspecified atom stereocenters. The summed E-state index contributed by atoms with van der Waals surface area (Å²) >= 11 is 5.99. The highest BCUT2D eigenvalue weighted by Gasteiger charge is 2.09. The monoisotopic (exact) mass is 376 g/mol. The van der Waals surface area contributed by atoms with Gasteiger partial charge in [0, 0.05) is 16.3 Å². The number of rotatable bonds is 8. The molecule has 2 aromatic carbocycles. The second-order valence-electron chi connectivity index (χ2n) is 5.43. The van der Waals surface area contributed by atoms with E-state index in [9.17, 15) is 9.59 Å². The van der Waals surface area contributed by atoms with E-state index in [1.807, 2.05) is 6.92 Å². The fourth-order valence-corrected chi connectivity index (χ4v) is 2.29. The lowest BCUT2D eigenvalue weighted by molar-refractivity contribution is -0.125. The lowest BCUT2D eigenvalue weighted by Crippen LogP contribution is -2.35. The number of halogens is 1. The van der Waals surface area contributed by atoms with Crippen LogP contribution in [0.5, 0.6) is 11.5 Å². The molecule has 0 aromatic heterocycles. The number of carbonyl (C=O) groups is 2. The fourth-order valence-electron chi connectivity index (χ4n) is 2.12. The average Bonchev–Trinajstić information content (AvgIpc) is 2.63. The van der Waals surface area contributed by atoms with E-state index in [0.29, 0.717) is 23.1 Å². The maximum atomic E-state index is 11.9. The molecular weight excluding hydrogens is 356 g/mol. The first kappa shape index (κ1) is 19.6. The summed E-state index contributed by atoms with van der Waals surface area (Å²) < 4.78 is 10.8. The summed E-state index contributed by atoms with van der Waals surface area (Å²) in [4.78, 5) is 23.7. The zero-order valence-corrected chi connectivity index (χ0v) is 15.4. The van der Waals surface area contributed by atoms with Crippen molar-refractivity contribution in [3.8, 4) is 11.5 Å². The second-order valence-corrected chi connectivity index (χ2v) is 5.84. The summed E-state index contributed by atoms with van der Waals surface area (Å²) in [6.45, 7) is 3.94. The van der Waals surface area contributed by atoms with Crippen LogP contribution < -0.4 is 20.1 Å². The van der Waals surface area contributed by atoms with E-state index in [0.717, 1.165) is 11.3 Å². The van der Waals surface area contributed by atoms with E-state index in [2.05, 4.69) is 10.6 Å². The maximum absolute atomic E-state index is 11.9. The van der Waals surface area contributed by atoms with Gasteiger partial charge in [0.1, 0.15) is 11.5 Å². The Hall–Kier alpha value is -2.73. The zero-order chi connectivity index (χ0) is 18.9. The van der Waals surface area contributed by atoms with Crippen LogP contribution in [0.25, 0.3) is 0 Å². The van der Waals surface area contributed by atoms with Gasteiger partial charge in [0.2, 0.25) is 5.91 Å². The third-order valence-electron chi connectivity index (χ3n) is 3.47. The molecule has 0 aliphatic rings. The first-order chi connectivity index (χ1) is 12.5. The van der Waals surface area contributed by atoms with Crippen molar-refractivity contribution >= 4 is 29.1 Å². The number of carbonyl (C=O) groups excluding carboxylic acids is 2. The van der Waals surface area contributed by atoms with Crippen molar-refractivity contribution in [3.05, 3.63) is 53.1 Å². The highest BCUT2D eigenvalue weighted by Crippen LogP contribution is 2.24. The van der Waals surface area contributed by atoms with Crippen molar-refractivity contribution in [1.82, 2.24) is 5.32 Å². The number of hydrogen-bond acceptors (Lipinski definition) is 4. The molecule has 0 bridgehead atoms. The lowest BCUT2D eigenvalue weighted by atomic mass is 10.2. The van der Waals surface area contributed by atoms with Gasteiger partial charge in [-0.15, -0.1) is 0 Å². The molecule has 138 valence electrons. The van der Waals surface area contributed by atoms with Crippen LogP contribution in [0.15, 0.2) is 42.5 Å². The molecule has 2 amide bonds. The quantitative estimate of drug-likeness (QED) is 0.741. The smallest absolute Gasteiger partial charge is 0.258 e. The number of ether oxygens (including phenoxy) is 2. The van der Waals surface area contributed by atoms with Crippen LogP contribution in [0, 0.1) is 6.92 Å². The average molecular weight is 377 g/mol. The van der Waals surface area contributed by atoms with Gasteiger partial charge in [-0.05, 0) is 50.2 Å². The van der Waals surface area contributed by atoms with Crippen LogP contribution in [-0.2, 0) is 9.59 Å². The predicted octanol–water partition coefficient (Wildman–Crippen LogP) is 3.18. The minimum absolute atomic E-state index is 0.149. The number of hydrogen-bond donors (Lipinski definition) is 2. The molecule has 0 aliphatic heterocycles. The highest BCUT2D eigenvalue weighted by atomic mass is 35.5. The maximum Gasteiger partial charge on any atom is 0.258 e. The van der Waals surface area contributed by atoms with Crippen LogP contribution in [0.4, 0.5) is 5.69 Å². The van der Waals surface area contributed by atoms with Gasteiger partial charge in [-0.2, -0.15) is 0 Å². The summed E-state index contributed by atoms with van der Waals surface area (Å²) in [5.41, 5.74) is 1.38. The summed E-state index contributed by atoms with van der Waals surface area (Å²) in [6, 6.07) is 12.2. The van der Waals surface area contributed by atoms with E-state index < -0.39 is 5.91 Å². The Labute approximate surface area is 157 Å². The van der Waals surface area contributed by atoms with Gasteiger partial charge in [0.25, 0.3) is 5.91 Å². The molecular formula is C19H21ClN2O4. The zero-order valence-electron chi connectivity index (χ0n) is 14.7. The Balaban J connectivity index is 1.74. The molecule has 0 radical (unpaired) electrons. The Morgan fingerprint density at radius 3 is 2.46 bits per heavy atom. The van der Waals surface area contributed by atoms with Crippen LogP contribution in [-0.4, -0.2) is 31.6 Å². The molecule has 0 atom stereocenters. The first-order valence-corrected chi connectivity index (χ1v) is 8.54. The second kappa shape index (κ2) is 9.68. The SMILES string of the molecule is CCOc1ccc(NC(=O)CNC(=O)COc2cccc(Cl)c2C)cc1. The molecule has 0 saturated heterocycles. The summed E-state index contributed by atoms with van der Waals surface area (Å²) in [5.74, 6) is 0.534. The van der Waals surface area contributed by atoms with Crippen LogP contribution in [0.1, 0.15) is 12.5 Å². The van der Waals surface area contributed by atoms with Crippen LogP contribution in [0.2, 0.25) is 5.02 Å². The molecule has 0 fully saturated rings. The van der Waals surface area contributed by atoms with Gasteiger partial charge in [0.15, 0.2) is 6.61 Å². The molecule has 6 nitrogen and oxygen atoms in total. The van der Waals surface area contributed by atoms with Crippen molar-refractivity contribution in [2.24, 2.45) is 0 Å². The molecule has 2 N–H and O–H groups in total. The highest BCUT2D eigenvalue weighted by molar-refractivity contribution is 6.31. The third-order valence-corrected chi connectivity index (χ3v) is 3.88. The minimum Gasteiger partial charge on any atom is -0.494 e. The van der Waals surface area contributed by atoms with Crippen molar-refractivity contribution in [2.45, 2.75) is 13.8 Å². The summed E-state index contributed by atoms with van der Waals surface area (Å²) in [6.07, 6.45) is 0. The van der Waals surface area contributed by atoms with Gasteiger partial charge in [0.05, 0.1) is 13.2 Å². The van der Waals surface area contributed by atoms with E-state index in [1.54, 1.807) is 49.4 Å². The van der Waals surface area contributed by atoms with Gasteiger partial charge in [-0.1, -0.05) is 17.7 Å². The summed E-state index contributed by atoms with van der Waals surface area (Å²) in [7, 11) is 0. The van der Waals surface area contributed by atoms with Crippen molar-refractivity contribution < 1.29 is 19.1 Å². The van der Waals surface area contributed by atoms with Crippen molar-refractivity contribution in [3.63, 3.8) is 0 Å². The van der Waals surface area contributed by atoms with E-state index in [1.165, 1.54) is 0 Å². The van der Waals surface area contributed by atoms with Crippen LogP contribution in [0.3, 0.4) is 0 Å². The Kier molecular flexibility index (Phi) is 7.29. The van der Waals surface area contributed by atoms with Crippen molar-refractivity contribution in [2.75, 3.05) is 25.1 Å². The number of amides is 2. The van der Waals surface area contributed by atoms with Gasteiger partial charge < -0.3 is 20.1 Å². The number of anilines is 1. The van der Waals surface area contributed by atoms with Crippen LogP contribution >= 0.6 is 11.6 Å². The minimum atomic E-state index is -0.397. The Bertz CT molecular complexity index is 763. The fraction of sp³-hybridized carbons (Fsp3) is 0.263. The molecule has 0 saturated carbocycles. The third kappa shape index (κ3) is 5.97. The normalized spacial score (nSPS) is 10.1. The molecule has 7 heteroatoms. The predicted molar refractivity (Wildman–Crippen MR) is 101 cm³/mol. The van der Waals surface area contributed by atoms with Gasteiger partial charge in [-0.25, -0.2) is 0 Å². The largest absolute Gasteiger partial charge is 0.494 e. The molecule has 0 spiro atoms. The number of benzene rings is 2. The summed E-state index contributed by atoms with van der Waals surface area (Å²) in [5, 5.41) is 5.76. The molecule has 0 heterocycles. The first-order valence-electron chi connectivity index (χ1n) is 8.17. The van der Waals surface area contributed by atoms with E-state index in [-0.39, 0.29) is 19.1 Å². The molecule has 26 heavy (non-hydrogen) atoms. The Morgan fingerprint density at radius 2 is 1.77 bits per heavy atom. The lowest BCUT2D eigenvalue weighted by Gasteiger charge is -2.11. The molecule has 2 aromatic rings. The molecule has 0 aliphatic carbocycles. The van der Waals surface area contributed by atoms with E-state index in [4.69, 9.17) is 21.1 Å². The topological polar surface area (TPSA) is 76.7 Å². The molecule has 2 rings (SSSR count). The van der Waals surface area contributed by atoms with Gasteiger partial charge in [-0.3, -0.25) is 9.59 Å². The Morgan fingerprint density at radius 1 is 1.04 bits per heavy atom. The number of nitrogens with one attached hydrogen (secondary N) is 2. The standard InChI is InChI=1S/C19H21ClN2O4/c1-3-25-15-9-7-14(8-10-15)22-18(23)11-21-19(24)12-26-17-6-4-5-16(20)13(17)2/h4-10H,3,11-12H2,1-2H3,(H,21,24)(H,22,23). The van der Waals surface area contributed by atoms with Gasteiger partial charge >= 0.3 is 0 Å². The van der Waals surface area contributed by atoms with E-state index >= 15 is 0 Å².